The van der Waals surface area contributed by atoms with Crippen molar-refractivity contribution >= 4 is 17.7 Å². The second kappa shape index (κ2) is 2.47. The molecule has 0 aromatic heterocycles. The highest BCUT2D eigenvalue weighted by Crippen LogP contribution is 2.16. The van der Waals surface area contributed by atoms with Crippen LogP contribution in [0.2, 0.25) is 0 Å². The number of nitrogens with one attached hydrogen (secondary N) is 1. The molecule has 1 atom stereocenters. The van der Waals surface area contributed by atoms with Crippen LogP contribution in [0.3, 0.4) is 0 Å². The first-order chi connectivity index (χ1) is 6.71. The Morgan fingerprint density at radius 1 is 1.75 bits per heavy atom. The van der Waals surface area contributed by atoms with E-state index in [1.54, 1.807) is 0 Å². The molecular weight excluding hydrogens is 164 g/mol. The van der Waals surface area contributed by atoms with E-state index in [2.05, 4.69) is 5.10 Å². The number of hydrazone groups is 1. The van der Waals surface area contributed by atoms with E-state index >= 15 is 0 Å². The first kappa shape index (κ1) is 5.13. The summed E-state index contributed by atoms with van der Waals surface area (Å²) in [7, 11) is 0. The molecule has 0 aliphatic carbocycles. The van der Waals surface area contributed by atoms with Gasteiger partial charge in [-0.15, -0.1) is 0 Å². The van der Waals surface area contributed by atoms with Crippen LogP contribution in [0.15, 0.2) is 5.10 Å². The summed E-state index contributed by atoms with van der Waals surface area (Å²) in [6.07, 6.45) is -0.672. The molecule has 12 heavy (non-hydrogen) atoms. The van der Waals surface area contributed by atoms with E-state index in [9.17, 15) is 9.59 Å². The van der Waals surface area contributed by atoms with E-state index in [1.807, 2.05) is 5.43 Å². The van der Waals surface area contributed by atoms with Gasteiger partial charge < -0.3 is 10.2 Å². The van der Waals surface area contributed by atoms with Crippen molar-refractivity contribution in [1.82, 2.24) is 5.43 Å². The van der Waals surface area contributed by atoms with Gasteiger partial charge in [0.1, 0.15) is 5.71 Å². The number of hydrogen-bond acceptors (Lipinski definition) is 4. The van der Waals surface area contributed by atoms with Gasteiger partial charge in [0.25, 0.3) is 0 Å². The molecule has 0 saturated heterocycles. The Hall–Kier alpha value is -1.59. The van der Waals surface area contributed by atoms with Gasteiger partial charge in [0.2, 0.25) is 0 Å². The maximum atomic E-state index is 10.8. The molecule has 3 N–H and O–H groups in total. The van der Waals surface area contributed by atoms with Crippen molar-refractivity contribution in [3.8, 4) is 0 Å². The van der Waals surface area contributed by atoms with E-state index in [1.165, 1.54) is 0 Å². The minimum atomic E-state index is -2.88. The van der Waals surface area contributed by atoms with Crippen LogP contribution in [-0.2, 0) is 9.59 Å². The zero-order valence-electron chi connectivity index (χ0n) is 8.87. The van der Waals surface area contributed by atoms with Crippen molar-refractivity contribution in [2.75, 3.05) is 0 Å². The van der Waals surface area contributed by atoms with Gasteiger partial charge in [-0.2, -0.15) is 5.10 Å². The van der Waals surface area contributed by atoms with Crippen LogP contribution < -0.4 is 5.43 Å². The average molecular weight is 175 g/mol. The van der Waals surface area contributed by atoms with Crippen molar-refractivity contribution in [3.63, 3.8) is 0 Å². The standard InChI is InChI=1S/C6H8N2O4/c1-6(5(11)12)2-3(4(9)10)7-8-6/h8H,2H2,1H3,(H,9,10)(H,11,12)/i1D3. The van der Waals surface area contributed by atoms with Gasteiger partial charge in [-0.05, 0) is 6.85 Å². The molecule has 0 aromatic carbocycles. The highest BCUT2D eigenvalue weighted by Gasteiger charge is 2.40. The van der Waals surface area contributed by atoms with Crippen LogP contribution in [-0.4, -0.2) is 33.4 Å². The van der Waals surface area contributed by atoms with Gasteiger partial charge in [-0.3, -0.25) is 5.43 Å². The SMILES string of the molecule is [2H]C([2H])([2H])C1(C(=O)O)CC(C(=O)O)=NN1. The van der Waals surface area contributed by atoms with Crippen LogP contribution in [0, 0.1) is 0 Å². The molecule has 1 rings (SSSR count). The molecule has 66 valence electrons. The van der Waals surface area contributed by atoms with Gasteiger partial charge in [0, 0.05) is 10.5 Å². The van der Waals surface area contributed by atoms with Gasteiger partial charge in [0.05, 0.1) is 0 Å². The second-order valence-electron chi connectivity index (χ2n) is 2.36. The summed E-state index contributed by atoms with van der Waals surface area (Å²) in [6.45, 7) is -2.88. The Labute approximate surface area is 72.1 Å². The minimum absolute atomic E-state index is 0.506. The summed E-state index contributed by atoms with van der Waals surface area (Å²) < 4.78 is 21.2. The fraction of sp³-hybridized carbons (Fsp3) is 0.500. The number of hydrogen-bond donors (Lipinski definition) is 3. The Morgan fingerprint density at radius 3 is 2.67 bits per heavy atom. The molecule has 1 aliphatic heterocycles. The zero-order valence-corrected chi connectivity index (χ0v) is 5.87. The van der Waals surface area contributed by atoms with Crippen LogP contribution in [0.4, 0.5) is 0 Å². The first-order valence-electron chi connectivity index (χ1n) is 4.51. The largest absolute Gasteiger partial charge is 0.479 e. The summed E-state index contributed by atoms with van der Waals surface area (Å²) in [5.74, 6) is -3.09. The van der Waals surface area contributed by atoms with E-state index in [0.29, 0.717) is 0 Å². The summed E-state index contributed by atoms with van der Waals surface area (Å²) in [5, 5.41) is 20.6. The number of aliphatic carboxylic acids is 2. The van der Waals surface area contributed by atoms with Crippen molar-refractivity contribution in [2.45, 2.75) is 18.8 Å². The van der Waals surface area contributed by atoms with Gasteiger partial charge in [0.15, 0.2) is 5.54 Å². The fourth-order valence-corrected chi connectivity index (χ4v) is 0.740. The Balaban J connectivity index is 3.03. The molecule has 1 unspecified atom stereocenters. The Bertz CT molecular complexity index is 351. The number of rotatable bonds is 2. The number of carbonyl (C=O) groups is 2. The predicted molar refractivity (Wildman–Crippen MR) is 38.9 cm³/mol. The summed E-state index contributed by atoms with van der Waals surface area (Å²) in [6, 6.07) is 0. The summed E-state index contributed by atoms with van der Waals surface area (Å²) in [4.78, 5) is 21.3. The van der Waals surface area contributed by atoms with Crippen LogP contribution in [0.25, 0.3) is 0 Å². The maximum absolute atomic E-state index is 10.8. The van der Waals surface area contributed by atoms with Crippen molar-refractivity contribution in [2.24, 2.45) is 5.10 Å². The Morgan fingerprint density at radius 2 is 2.42 bits per heavy atom. The lowest BCUT2D eigenvalue weighted by Crippen LogP contribution is -2.44. The van der Waals surface area contributed by atoms with Crippen LogP contribution in [0.5, 0.6) is 0 Å². The van der Waals surface area contributed by atoms with E-state index in [-0.39, 0.29) is 0 Å². The molecule has 0 saturated carbocycles. The first-order valence-corrected chi connectivity index (χ1v) is 3.01. The third-order valence-electron chi connectivity index (χ3n) is 1.43. The van der Waals surface area contributed by atoms with Gasteiger partial charge >= 0.3 is 11.9 Å². The molecule has 6 heteroatoms. The average Bonchev–Trinajstić information content (AvgIpc) is 2.46. The molecule has 1 heterocycles. The molecular formula is C6H8N2O4. The predicted octanol–water partition coefficient (Wildman–Crippen LogP) is -0.736. The monoisotopic (exact) mass is 175 g/mol. The highest BCUT2D eigenvalue weighted by atomic mass is 16.4. The third kappa shape index (κ3) is 1.23. The fourth-order valence-electron chi connectivity index (χ4n) is 0.740. The van der Waals surface area contributed by atoms with Crippen molar-refractivity contribution in [3.05, 3.63) is 0 Å². The zero-order chi connectivity index (χ0) is 11.9. The molecule has 0 radical (unpaired) electrons. The lowest BCUT2D eigenvalue weighted by molar-refractivity contribution is -0.143. The topological polar surface area (TPSA) is 99.0 Å². The normalized spacial score (nSPS) is 32.3. The van der Waals surface area contributed by atoms with E-state index in [4.69, 9.17) is 14.3 Å². The lowest BCUT2D eigenvalue weighted by atomic mass is 9.98. The van der Waals surface area contributed by atoms with Crippen LogP contribution in [0.1, 0.15) is 17.4 Å². The number of carboxylic acid groups (broad SMARTS) is 2. The quantitative estimate of drug-likeness (QED) is 0.513. The molecule has 0 aromatic rings. The molecule has 6 nitrogen and oxygen atoms in total. The molecule has 0 spiro atoms. The second-order valence-corrected chi connectivity index (χ2v) is 2.36. The highest BCUT2D eigenvalue weighted by molar-refractivity contribution is 6.36. The maximum Gasteiger partial charge on any atom is 0.352 e. The summed E-state index contributed by atoms with van der Waals surface area (Å²) >= 11 is 0. The number of nitrogens with zero attached hydrogens (tertiary/aromatic N) is 1. The molecule has 0 fully saturated rings. The summed E-state index contributed by atoms with van der Waals surface area (Å²) in [5.41, 5.74) is -0.953. The Kier molecular flexibility index (Phi) is 1.06. The van der Waals surface area contributed by atoms with E-state index in [0.717, 1.165) is 0 Å². The smallest absolute Gasteiger partial charge is 0.352 e. The van der Waals surface area contributed by atoms with Gasteiger partial charge in [-0.1, -0.05) is 0 Å². The van der Waals surface area contributed by atoms with E-state index < -0.39 is 36.5 Å². The van der Waals surface area contributed by atoms with Gasteiger partial charge in [-0.25, -0.2) is 9.59 Å². The third-order valence-corrected chi connectivity index (χ3v) is 1.43. The number of carboxylic acids is 2. The molecule has 0 amide bonds. The van der Waals surface area contributed by atoms with Crippen molar-refractivity contribution in [1.29, 1.82) is 0 Å². The minimum Gasteiger partial charge on any atom is -0.479 e. The van der Waals surface area contributed by atoms with Crippen LogP contribution >= 0.6 is 0 Å². The van der Waals surface area contributed by atoms with Crippen molar-refractivity contribution < 1.29 is 23.9 Å². The molecule has 1 aliphatic rings. The molecule has 0 bridgehead atoms. The lowest BCUT2D eigenvalue weighted by Gasteiger charge is -2.16.